The Morgan fingerprint density at radius 1 is 1.04 bits per heavy atom. The van der Waals surface area contributed by atoms with Crippen LogP contribution in [-0.4, -0.2) is 51.8 Å². The maximum atomic E-state index is 11.7. The molecule has 1 aliphatic heterocycles. The highest BCUT2D eigenvalue weighted by molar-refractivity contribution is 7.88. The first-order valence-corrected chi connectivity index (χ1v) is 11.3. The van der Waals surface area contributed by atoms with Gasteiger partial charge in [-0.3, -0.25) is 4.90 Å². The fraction of sp³-hybridized carbons (Fsp3) is 0.444. The summed E-state index contributed by atoms with van der Waals surface area (Å²) in [5, 5.41) is 2.05. The van der Waals surface area contributed by atoms with Crippen molar-refractivity contribution in [2.75, 3.05) is 37.3 Å². The van der Waals surface area contributed by atoms with E-state index < -0.39 is 10.0 Å². The first kappa shape index (κ1) is 18.4. The fourth-order valence-electron chi connectivity index (χ4n) is 3.50. The van der Waals surface area contributed by atoms with Crippen LogP contribution in [0.5, 0.6) is 0 Å². The third kappa shape index (κ3) is 4.82. The minimum Gasteiger partial charge on any atom is -0.369 e. The molecular formula is C18H25N3O2S2. The molecule has 0 saturated carbocycles. The van der Waals surface area contributed by atoms with Gasteiger partial charge in [-0.15, -0.1) is 11.3 Å². The van der Waals surface area contributed by atoms with Crippen molar-refractivity contribution >= 4 is 27.0 Å². The molecule has 0 bridgehead atoms. The van der Waals surface area contributed by atoms with Crippen molar-refractivity contribution in [3.8, 4) is 0 Å². The number of rotatable bonds is 6. The van der Waals surface area contributed by atoms with Gasteiger partial charge in [0.2, 0.25) is 10.0 Å². The van der Waals surface area contributed by atoms with Crippen LogP contribution in [0, 0.1) is 0 Å². The van der Waals surface area contributed by atoms with E-state index in [0.29, 0.717) is 0 Å². The molecule has 2 atom stereocenters. The van der Waals surface area contributed by atoms with Crippen LogP contribution in [0.1, 0.15) is 17.8 Å². The molecule has 0 unspecified atom stereocenters. The lowest BCUT2D eigenvalue weighted by Crippen LogP contribution is -2.52. The number of nitrogens with zero attached hydrogens (tertiary/aromatic N) is 2. The van der Waals surface area contributed by atoms with Gasteiger partial charge in [0.05, 0.1) is 12.3 Å². The Morgan fingerprint density at radius 3 is 2.28 bits per heavy atom. The lowest BCUT2D eigenvalue weighted by molar-refractivity contribution is 0.164. The molecule has 1 aliphatic rings. The highest BCUT2D eigenvalue weighted by Gasteiger charge is 2.31. The highest BCUT2D eigenvalue weighted by atomic mass is 32.2. The van der Waals surface area contributed by atoms with Crippen molar-refractivity contribution in [1.82, 2.24) is 9.62 Å². The second kappa shape index (κ2) is 7.86. The van der Waals surface area contributed by atoms with E-state index in [9.17, 15) is 8.42 Å². The summed E-state index contributed by atoms with van der Waals surface area (Å²) in [7, 11) is -3.23. The summed E-state index contributed by atoms with van der Waals surface area (Å²) in [6, 6.07) is 14.5. The molecule has 1 aromatic heterocycles. The molecule has 1 saturated heterocycles. The number of para-hydroxylation sites is 1. The monoisotopic (exact) mass is 379 g/mol. The Kier molecular flexibility index (Phi) is 5.78. The van der Waals surface area contributed by atoms with Gasteiger partial charge in [-0.2, -0.15) is 0 Å². The van der Waals surface area contributed by atoms with Crippen LogP contribution >= 0.6 is 11.3 Å². The second-order valence-electron chi connectivity index (χ2n) is 6.50. The third-order valence-electron chi connectivity index (χ3n) is 4.54. The molecule has 0 radical (unpaired) electrons. The van der Waals surface area contributed by atoms with E-state index in [1.807, 2.05) is 19.1 Å². The minimum absolute atomic E-state index is 0.0626. The zero-order valence-electron chi connectivity index (χ0n) is 14.6. The molecule has 0 aliphatic carbocycles. The van der Waals surface area contributed by atoms with Gasteiger partial charge in [0.15, 0.2) is 0 Å². The van der Waals surface area contributed by atoms with Gasteiger partial charge in [0, 0.05) is 42.8 Å². The number of piperazine rings is 1. The number of sulfonamides is 1. The van der Waals surface area contributed by atoms with E-state index in [0.717, 1.165) is 26.2 Å². The van der Waals surface area contributed by atoms with Crippen molar-refractivity contribution in [3.05, 3.63) is 52.7 Å². The van der Waals surface area contributed by atoms with Gasteiger partial charge in [0.25, 0.3) is 0 Å². The van der Waals surface area contributed by atoms with Crippen LogP contribution in [0.2, 0.25) is 0 Å². The van der Waals surface area contributed by atoms with Gasteiger partial charge in [-0.05, 0) is 30.5 Å². The first-order valence-electron chi connectivity index (χ1n) is 8.49. The van der Waals surface area contributed by atoms with Crippen molar-refractivity contribution in [2.45, 2.75) is 19.0 Å². The van der Waals surface area contributed by atoms with E-state index in [4.69, 9.17) is 0 Å². The number of thiophene rings is 1. The molecular weight excluding hydrogens is 354 g/mol. The predicted molar refractivity (Wildman–Crippen MR) is 105 cm³/mol. The molecule has 1 N–H and O–H groups in total. The predicted octanol–water partition coefficient (Wildman–Crippen LogP) is 2.55. The normalized spacial score (nSPS) is 18.9. The third-order valence-corrected chi connectivity index (χ3v) is 6.28. The molecule has 3 rings (SSSR count). The maximum Gasteiger partial charge on any atom is 0.209 e. The van der Waals surface area contributed by atoms with Crippen LogP contribution in [0.25, 0.3) is 0 Å². The van der Waals surface area contributed by atoms with E-state index in [1.54, 1.807) is 11.3 Å². The van der Waals surface area contributed by atoms with Crippen LogP contribution < -0.4 is 9.62 Å². The Morgan fingerprint density at radius 2 is 1.72 bits per heavy atom. The average Bonchev–Trinajstić information content (AvgIpc) is 3.09. The molecule has 7 heteroatoms. The number of nitrogens with one attached hydrogen (secondary N) is 1. The smallest absolute Gasteiger partial charge is 0.209 e. The Bertz CT molecular complexity index is 755. The van der Waals surface area contributed by atoms with Gasteiger partial charge < -0.3 is 4.90 Å². The molecule has 25 heavy (non-hydrogen) atoms. The first-order chi connectivity index (χ1) is 11.9. The van der Waals surface area contributed by atoms with Crippen LogP contribution in [-0.2, 0) is 10.0 Å². The summed E-state index contributed by atoms with van der Waals surface area (Å²) in [6.07, 6.45) is 1.22. The van der Waals surface area contributed by atoms with Crippen molar-refractivity contribution in [2.24, 2.45) is 0 Å². The molecule has 2 heterocycles. The molecule has 0 amide bonds. The molecule has 0 spiro atoms. The van der Waals surface area contributed by atoms with Crippen molar-refractivity contribution in [3.63, 3.8) is 0 Å². The minimum atomic E-state index is -3.23. The highest BCUT2D eigenvalue weighted by Crippen LogP contribution is 2.30. The van der Waals surface area contributed by atoms with Gasteiger partial charge in [-0.25, -0.2) is 13.1 Å². The maximum absolute atomic E-state index is 11.7. The summed E-state index contributed by atoms with van der Waals surface area (Å²) in [5.74, 6) is 0. The Labute approximate surface area is 154 Å². The zero-order valence-corrected chi connectivity index (χ0v) is 16.3. The average molecular weight is 380 g/mol. The topological polar surface area (TPSA) is 52.7 Å². The number of benzene rings is 1. The second-order valence-corrected chi connectivity index (χ2v) is 9.26. The molecule has 136 valence electrons. The van der Waals surface area contributed by atoms with E-state index >= 15 is 0 Å². The SMILES string of the molecule is C[C@H](NS(C)(=O)=O)[C@@H](c1cccs1)N1CCN(c2ccccc2)CC1. The van der Waals surface area contributed by atoms with Crippen molar-refractivity contribution < 1.29 is 8.42 Å². The fourth-order valence-corrected chi connectivity index (χ4v) is 5.27. The largest absolute Gasteiger partial charge is 0.369 e. The van der Waals surface area contributed by atoms with E-state index in [1.165, 1.54) is 16.8 Å². The molecule has 1 aromatic carbocycles. The summed E-state index contributed by atoms with van der Waals surface area (Å²) in [4.78, 5) is 5.99. The summed E-state index contributed by atoms with van der Waals surface area (Å²) in [6.45, 7) is 5.66. The standard InChI is InChI=1S/C18H25N3O2S2/c1-15(19-25(2,22)23)18(17-9-6-14-24-17)21-12-10-20(11-13-21)16-7-4-3-5-8-16/h3-9,14-15,18-19H,10-13H2,1-2H3/t15-,18-/m0/s1. The number of anilines is 1. The van der Waals surface area contributed by atoms with E-state index in [2.05, 4.69) is 50.2 Å². The van der Waals surface area contributed by atoms with Crippen LogP contribution in [0.3, 0.4) is 0 Å². The molecule has 2 aromatic rings. The Balaban J connectivity index is 1.72. The number of hydrogen-bond acceptors (Lipinski definition) is 5. The molecule has 5 nitrogen and oxygen atoms in total. The van der Waals surface area contributed by atoms with E-state index in [-0.39, 0.29) is 12.1 Å². The zero-order chi connectivity index (χ0) is 17.9. The lowest BCUT2D eigenvalue weighted by Gasteiger charge is -2.42. The van der Waals surface area contributed by atoms with Crippen molar-refractivity contribution in [1.29, 1.82) is 0 Å². The summed E-state index contributed by atoms with van der Waals surface area (Å²) >= 11 is 1.69. The quantitative estimate of drug-likeness (QED) is 0.838. The summed E-state index contributed by atoms with van der Waals surface area (Å²) < 4.78 is 26.2. The van der Waals surface area contributed by atoms with Gasteiger partial charge in [0.1, 0.15) is 0 Å². The summed E-state index contributed by atoms with van der Waals surface area (Å²) in [5.41, 5.74) is 1.25. The molecule has 1 fully saturated rings. The van der Waals surface area contributed by atoms with Gasteiger partial charge >= 0.3 is 0 Å². The lowest BCUT2D eigenvalue weighted by atomic mass is 10.1. The van der Waals surface area contributed by atoms with Gasteiger partial charge in [-0.1, -0.05) is 24.3 Å². The van der Waals surface area contributed by atoms with Crippen LogP contribution in [0.15, 0.2) is 47.8 Å². The van der Waals surface area contributed by atoms with Crippen LogP contribution in [0.4, 0.5) is 5.69 Å². The number of hydrogen-bond donors (Lipinski definition) is 1. The Hall–Kier alpha value is -1.41.